The maximum atomic E-state index is 12.3. The van der Waals surface area contributed by atoms with E-state index >= 15 is 0 Å². The second-order valence-electron chi connectivity index (χ2n) is 8.02. The lowest BCUT2D eigenvalue weighted by atomic mass is 9.98. The molecule has 1 aliphatic heterocycles. The van der Waals surface area contributed by atoms with Crippen molar-refractivity contribution < 1.29 is 24.2 Å². The molecule has 1 aliphatic carbocycles. The number of rotatable bonds is 6. The third-order valence-electron chi connectivity index (χ3n) is 6.08. The van der Waals surface area contributed by atoms with Gasteiger partial charge in [0.25, 0.3) is 0 Å². The summed E-state index contributed by atoms with van der Waals surface area (Å²) < 4.78 is 5.46. The predicted octanol–water partition coefficient (Wildman–Crippen LogP) is 3.24. The number of carboxylic acids is 1. The van der Waals surface area contributed by atoms with Gasteiger partial charge < -0.3 is 20.1 Å². The first-order valence-corrected chi connectivity index (χ1v) is 10.6. The van der Waals surface area contributed by atoms with Crippen LogP contribution in [0.1, 0.15) is 36.3 Å². The Labute approximate surface area is 181 Å². The van der Waals surface area contributed by atoms with E-state index in [4.69, 9.17) is 9.84 Å². The van der Waals surface area contributed by atoms with Gasteiger partial charge in [-0.15, -0.1) is 0 Å². The third kappa shape index (κ3) is 4.55. The summed E-state index contributed by atoms with van der Waals surface area (Å²) in [6.07, 6.45) is 0.840. The van der Waals surface area contributed by atoms with E-state index in [0.717, 1.165) is 11.1 Å². The molecule has 2 N–H and O–H groups in total. The van der Waals surface area contributed by atoms with Crippen molar-refractivity contribution in [2.75, 3.05) is 26.2 Å². The van der Waals surface area contributed by atoms with Crippen molar-refractivity contribution in [1.82, 2.24) is 10.2 Å². The van der Waals surface area contributed by atoms with Crippen LogP contribution in [0.15, 0.2) is 48.5 Å². The number of alkyl carbamates (subject to hydrolysis) is 1. The predicted molar refractivity (Wildman–Crippen MR) is 115 cm³/mol. The molecule has 162 valence electrons. The maximum Gasteiger partial charge on any atom is 0.407 e. The van der Waals surface area contributed by atoms with E-state index in [0.29, 0.717) is 19.4 Å². The van der Waals surface area contributed by atoms with Gasteiger partial charge in [-0.2, -0.15) is 0 Å². The zero-order chi connectivity index (χ0) is 21.8. The fourth-order valence-electron chi connectivity index (χ4n) is 4.48. The number of carbonyl (C=O) groups excluding carboxylic acids is 2. The van der Waals surface area contributed by atoms with E-state index in [1.54, 1.807) is 4.90 Å². The SMILES string of the molecule is O=C(NCCC(=O)N1CCC[C@@H](C(=O)O)C1)OCC1c2ccccc2-c2ccccc21. The fraction of sp³-hybridized carbons (Fsp3) is 0.375. The molecular weight excluding hydrogens is 396 g/mol. The number of hydrogen-bond acceptors (Lipinski definition) is 4. The highest BCUT2D eigenvalue weighted by molar-refractivity contribution is 5.80. The highest BCUT2D eigenvalue weighted by Crippen LogP contribution is 2.44. The molecule has 7 nitrogen and oxygen atoms in total. The van der Waals surface area contributed by atoms with Gasteiger partial charge in [-0.3, -0.25) is 9.59 Å². The van der Waals surface area contributed by atoms with Crippen LogP contribution in [-0.4, -0.2) is 54.2 Å². The van der Waals surface area contributed by atoms with Crippen LogP contribution in [-0.2, 0) is 14.3 Å². The molecule has 0 unspecified atom stereocenters. The van der Waals surface area contributed by atoms with Crippen LogP contribution in [0, 0.1) is 5.92 Å². The van der Waals surface area contributed by atoms with E-state index in [2.05, 4.69) is 29.6 Å². The van der Waals surface area contributed by atoms with Crippen molar-refractivity contribution in [2.24, 2.45) is 5.92 Å². The number of ether oxygens (including phenoxy) is 1. The van der Waals surface area contributed by atoms with Crippen molar-refractivity contribution in [1.29, 1.82) is 0 Å². The Hall–Kier alpha value is -3.35. The van der Waals surface area contributed by atoms with Gasteiger partial charge in [0.1, 0.15) is 6.61 Å². The fourth-order valence-corrected chi connectivity index (χ4v) is 4.48. The topological polar surface area (TPSA) is 95.9 Å². The number of fused-ring (bicyclic) bond motifs is 3. The van der Waals surface area contributed by atoms with Crippen LogP contribution in [0.4, 0.5) is 4.79 Å². The van der Waals surface area contributed by atoms with E-state index in [1.807, 2.05) is 24.3 Å². The van der Waals surface area contributed by atoms with Crippen LogP contribution in [0.25, 0.3) is 11.1 Å². The Morgan fingerprint density at radius 1 is 1.03 bits per heavy atom. The van der Waals surface area contributed by atoms with Crippen molar-refractivity contribution in [3.63, 3.8) is 0 Å². The van der Waals surface area contributed by atoms with Gasteiger partial charge in [-0.1, -0.05) is 48.5 Å². The van der Waals surface area contributed by atoms with Crippen LogP contribution >= 0.6 is 0 Å². The van der Waals surface area contributed by atoms with Crippen molar-refractivity contribution >= 4 is 18.0 Å². The number of carbonyl (C=O) groups is 3. The van der Waals surface area contributed by atoms with Gasteiger partial charge in [0.2, 0.25) is 5.91 Å². The lowest BCUT2D eigenvalue weighted by molar-refractivity contribution is -0.145. The Kier molecular flexibility index (Phi) is 6.21. The van der Waals surface area contributed by atoms with E-state index in [-0.39, 0.29) is 37.9 Å². The summed E-state index contributed by atoms with van der Waals surface area (Å²) in [7, 11) is 0. The van der Waals surface area contributed by atoms with Gasteiger partial charge in [-0.05, 0) is 35.1 Å². The average molecular weight is 422 g/mol. The van der Waals surface area contributed by atoms with Crippen LogP contribution < -0.4 is 5.32 Å². The Balaban J connectivity index is 1.26. The molecule has 0 aromatic heterocycles. The molecule has 2 aromatic carbocycles. The highest BCUT2D eigenvalue weighted by atomic mass is 16.5. The molecule has 1 atom stereocenters. The number of aliphatic carboxylic acids is 1. The first kappa shape index (κ1) is 20.9. The number of likely N-dealkylation sites (tertiary alicyclic amines) is 1. The molecule has 2 aromatic rings. The van der Waals surface area contributed by atoms with Crippen LogP contribution in [0.3, 0.4) is 0 Å². The number of piperidine rings is 1. The summed E-state index contributed by atoms with van der Waals surface area (Å²) in [4.78, 5) is 37.2. The second-order valence-corrected chi connectivity index (χ2v) is 8.02. The first-order valence-electron chi connectivity index (χ1n) is 10.6. The van der Waals surface area contributed by atoms with Gasteiger partial charge >= 0.3 is 12.1 Å². The van der Waals surface area contributed by atoms with Crippen molar-refractivity contribution in [3.05, 3.63) is 59.7 Å². The zero-order valence-corrected chi connectivity index (χ0v) is 17.3. The molecule has 1 saturated heterocycles. The molecule has 7 heteroatoms. The van der Waals surface area contributed by atoms with Crippen molar-refractivity contribution in [2.45, 2.75) is 25.2 Å². The summed E-state index contributed by atoms with van der Waals surface area (Å²) >= 11 is 0. The first-order chi connectivity index (χ1) is 15.0. The smallest absolute Gasteiger partial charge is 0.407 e. The summed E-state index contributed by atoms with van der Waals surface area (Å²) in [5.74, 6) is -1.53. The number of nitrogens with zero attached hydrogens (tertiary/aromatic N) is 1. The summed E-state index contributed by atoms with van der Waals surface area (Å²) in [5, 5.41) is 11.8. The Bertz CT molecular complexity index is 944. The minimum Gasteiger partial charge on any atom is -0.481 e. The zero-order valence-electron chi connectivity index (χ0n) is 17.3. The van der Waals surface area contributed by atoms with Crippen LogP contribution in [0.2, 0.25) is 0 Å². The number of amides is 2. The van der Waals surface area contributed by atoms with Gasteiger partial charge in [0.05, 0.1) is 5.92 Å². The summed E-state index contributed by atoms with van der Waals surface area (Å²) in [5.41, 5.74) is 4.62. The van der Waals surface area contributed by atoms with E-state index < -0.39 is 18.0 Å². The van der Waals surface area contributed by atoms with E-state index in [9.17, 15) is 14.4 Å². The average Bonchev–Trinajstić information content (AvgIpc) is 3.11. The maximum absolute atomic E-state index is 12.3. The lowest BCUT2D eigenvalue weighted by Gasteiger charge is -2.30. The molecule has 2 aliphatic rings. The minimum absolute atomic E-state index is 0.0129. The van der Waals surface area contributed by atoms with Gasteiger partial charge in [-0.25, -0.2) is 4.79 Å². The Morgan fingerprint density at radius 3 is 2.32 bits per heavy atom. The molecule has 2 amide bonds. The molecular formula is C24H26N2O5. The molecule has 31 heavy (non-hydrogen) atoms. The minimum atomic E-state index is -0.866. The largest absolute Gasteiger partial charge is 0.481 e. The molecule has 4 rings (SSSR count). The molecule has 1 fully saturated rings. The van der Waals surface area contributed by atoms with Crippen molar-refractivity contribution in [3.8, 4) is 11.1 Å². The number of carboxylic acid groups (broad SMARTS) is 1. The Morgan fingerprint density at radius 2 is 1.68 bits per heavy atom. The summed E-state index contributed by atoms with van der Waals surface area (Å²) in [6, 6.07) is 16.3. The van der Waals surface area contributed by atoms with Gasteiger partial charge in [0, 0.05) is 32.0 Å². The second kappa shape index (κ2) is 9.20. The normalized spacial score (nSPS) is 17.5. The number of hydrogen-bond donors (Lipinski definition) is 2. The number of nitrogens with one attached hydrogen (secondary N) is 1. The molecule has 0 radical (unpaired) electrons. The quantitative estimate of drug-likeness (QED) is 0.745. The lowest BCUT2D eigenvalue weighted by Crippen LogP contribution is -2.43. The van der Waals surface area contributed by atoms with Gasteiger partial charge in [0.15, 0.2) is 0 Å². The molecule has 1 heterocycles. The van der Waals surface area contributed by atoms with E-state index in [1.165, 1.54) is 11.1 Å². The molecule has 0 bridgehead atoms. The summed E-state index contributed by atoms with van der Waals surface area (Å²) in [6.45, 7) is 1.18. The third-order valence-corrected chi connectivity index (χ3v) is 6.08. The van der Waals surface area contributed by atoms with Crippen LogP contribution in [0.5, 0.6) is 0 Å². The highest BCUT2D eigenvalue weighted by Gasteiger charge is 2.29. The standard InChI is InChI=1S/C24H26N2O5/c27-22(26-13-5-6-16(14-26)23(28)29)11-12-25-24(30)31-15-21-19-9-3-1-7-17(19)18-8-2-4-10-20(18)21/h1-4,7-10,16,21H,5-6,11-15H2,(H,25,30)(H,28,29)/t16-/m1/s1. The molecule has 0 spiro atoms. The number of benzene rings is 2. The molecule has 0 saturated carbocycles. The monoisotopic (exact) mass is 422 g/mol.